The van der Waals surface area contributed by atoms with Gasteiger partial charge in [0.1, 0.15) is 11.1 Å². The van der Waals surface area contributed by atoms with Gasteiger partial charge in [-0.3, -0.25) is 4.57 Å². The van der Waals surface area contributed by atoms with Crippen LogP contribution in [0, 0.1) is 0 Å². The number of aromatic nitrogens is 4. The number of fused-ring (bicyclic) bond motifs is 9. The second kappa shape index (κ2) is 10.9. The first kappa shape index (κ1) is 28.2. The van der Waals surface area contributed by atoms with Crippen molar-refractivity contribution in [1.29, 1.82) is 0 Å². The Morgan fingerprint density at radius 1 is 0.510 bits per heavy atom. The third-order valence-electron chi connectivity index (χ3n) is 10.5. The second-order valence-electron chi connectivity index (χ2n) is 13.4. The minimum atomic E-state index is 0.637. The minimum absolute atomic E-state index is 0.637. The summed E-state index contributed by atoms with van der Waals surface area (Å²) in [5, 5.41) is 4.63. The Bertz CT molecular complexity index is 3030. The highest BCUT2D eigenvalue weighted by Gasteiger charge is 2.23. The quantitative estimate of drug-likeness (QED) is 0.190. The van der Waals surface area contributed by atoms with Gasteiger partial charge in [-0.25, -0.2) is 9.97 Å². The summed E-state index contributed by atoms with van der Waals surface area (Å²) in [6, 6.07) is 51.8. The molecule has 4 aromatic heterocycles. The summed E-state index contributed by atoms with van der Waals surface area (Å²) in [6.07, 6.45) is 6.11. The van der Waals surface area contributed by atoms with Gasteiger partial charge in [-0.15, -0.1) is 0 Å². The number of hydrogen-bond donors (Lipinski definition) is 0. The van der Waals surface area contributed by atoms with E-state index in [0.717, 1.165) is 40.4 Å². The summed E-state index contributed by atoms with van der Waals surface area (Å²) in [5.74, 6) is 0.637. The monoisotopic (exact) mass is 654 g/mol. The fourth-order valence-corrected chi connectivity index (χ4v) is 8.19. The number of allylic oxidation sites excluding steroid dienone is 1. The zero-order chi connectivity index (χ0) is 33.5. The van der Waals surface area contributed by atoms with Crippen LogP contribution in [0.5, 0.6) is 0 Å². The lowest BCUT2D eigenvalue weighted by Crippen LogP contribution is -2.05. The topological polar surface area (TPSA) is 48.8 Å². The van der Waals surface area contributed by atoms with Gasteiger partial charge in [0, 0.05) is 38.5 Å². The zero-order valence-electron chi connectivity index (χ0n) is 27.6. The van der Waals surface area contributed by atoms with Gasteiger partial charge in [-0.2, -0.15) is 0 Å². The van der Waals surface area contributed by atoms with Crippen LogP contribution in [0.1, 0.15) is 23.2 Å². The van der Waals surface area contributed by atoms with Crippen molar-refractivity contribution in [3.05, 3.63) is 169 Å². The van der Waals surface area contributed by atoms with Crippen LogP contribution < -0.4 is 0 Å². The van der Waals surface area contributed by atoms with Crippen LogP contribution in [0.15, 0.2) is 156 Å². The average molecular weight is 655 g/mol. The number of nitrogens with zero attached hydrogens (tertiary/aromatic N) is 4. The molecule has 11 rings (SSSR count). The van der Waals surface area contributed by atoms with Crippen LogP contribution in [0.3, 0.4) is 0 Å². The lowest BCUT2D eigenvalue weighted by atomic mass is 9.91. The van der Waals surface area contributed by atoms with Crippen LogP contribution >= 0.6 is 0 Å². The van der Waals surface area contributed by atoms with E-state index in [9.17, 15) is 0 Å². The van der Waals surface area contributed by atoms with E-state index in [-0.39, 0.29) is 0 Å². The van der Waals surface area contributed by atoms with Gasteiger partial charge in [0.2, 0.25) is 5.95 Å². The molecule has 1 aliphatic carbocycles. The van der Waals surface area contributed by atoms with Gasteiger partial charge in [-0.05, 0) is 83.6 Å². The summed E-state index contributed by atoms with van der Waals surface area (Å²) in [4.78, 5) is 9.96. The molecule has 0 unspecified atom stereocenters. The van der Waals surface area contributed by atoms with Gasteiger partial charge >= 0.3 is 0 Å². The molecule has 5 nitrogen and oxygen atoms in total. The average Bonchev–Trinajstić information content (AvgIpc) is 3.85. The third kappa shape index (κ3) is 4.28. The molecular weight excluding hydrogens is 625 g/mol. The van der Waals surface area contributed by atoms with Crippen LogP contribution in [-0.2, 0) is 6.42 Å². The molecule has 0 N–H and O–H groups in total. The predicted octanol–water partition coefficient (Wildman–Crippen LogP) is 11.6. The molecule has 5 heteroatoms. The number of furan rings is 1. The second-order valence-corrected chi connectivity index (χ2v) is 13.4. The Labute approximate surface area is 293 Å². The van der Waals surface area contributed by atoms with Crippen LogP contribution in [0.2, 0.25) is 0 Å². The van der Waals surface area contributed by atoms with Crippen molar-refractivity contribution >= 4 is 66.4 Å². The van der Waals surface area contributed by atoms with Gasteiger partial charge in [-0.1, -0.05) is 103 Å². The molecule has 1 aliphatic rings. The maximum Gasteiger partial charge on any atom is 0.235 e. The summed E-state index contributed by atoms with van der Waals surface area (Å²) in [5.41, 5.74) is 14.6. The van der Waals surface area contributed by atoms with E-state index >= 15 is 0 Å². The van der Waals surface area contributed by atoms with E-state index in [1.807, 2.05) is 18.2 Å². The minimum Gasteiger partial charge on any atom is -0.453 e. The first-order valence-corrected chi connectivity index (χ1v) is 17.5. The molecule has 0 saturated carbocycles. The third-order valence-corrected chi connectivity index (χ3v) is 10.5. The standard InChI is InChI=1S/C46H30N4O/c1-2-11-29(12-3-1)30-13-10-14-33(25-30)49-39-18-7-5-16-35(39)38-26-31(22-24-41(38)49)32-21-23-36-34-15-4-8-19-40(34)50(42(36)27-32)46-47-28-44-45(48-46)37-17-6-9-20-43(37)51-44/h1-21,23,25-28H,22,24H2. The molecule has 0 atom stereocenters. The molecule has 10 aromatic rings. The zero-order valence-corrected chi connectivity index (χ0v) is 27.6. The largest absolute Gasteiger partial charge is 0.453 e. The number of para-hydroxylation sites is 3. The first-order chi connectivity index (χ1) is 25.3. The van der Waals surface area contributed by atoms with Crippen LogP contribution in [-0.4, -0.2) is 19.1 Å². The predicted molar refractivity (Wildman–Crippen MR) is 209 cm³/mol. The van der Waals surface area contributed by atoms with Crippen LogP contribution in [0.4, 0.5) is 0 Å². The van der Waals surface area contributed by atoms with E-state index in [1.54, 1.807) is 6.20 Å². The van der Waals surface area contributed by atoms with E-state index in [2.05, 4.69) is 143 Å². The summed E-state index contributed by atoms with van der Waals surface area (Å²) in [6.45, 7) is 0. The number of benzene rings is 6. The fourth-order valence-electron chi connectivity index (χ4n) is 8.19. The van der Waals surface area contributed by atoms with E-state index < -0.39 is 0 Å². The van der Waals surface area contributed by atoms with E-state index in [0.29, 0.717) is 11.5 Å². The molecule has 240 valence electrons. The van der Waals surface area contributed by atoms with Crippen molar-refractivity contribution < 1.29 is 4.42 Å². The highest BCUT2D eigenvalue weighted by molar-refractivity contribution is 6.10. The van der Waals surface area contributed by atoms with Crippen LogP contribution in [0.25, 0.3) is 89.2 Å². The maximum atomic E-state index is 6.07. The van der Waals surface area contributed by atoms with Gasteiger partial charge in [0.25, 0.3) is 0 Å². The van der Waals surface area contributed by atoms with E-state index in [4.69, 9.17) is 14.4 Å². The molecule has 0 saturated heterocycles. The normalized spacial score (nSPS) is 13.1. The maximum absolute atomic E-state index is 6.07. The fraction of sp³-hybridized carbons (Fsp3) is 0.0435. The highest BCUT2D eigenvalue weighted by Crippen LogP contribution is 2.41. The molecule has 0 radical (unpaired) electrons. The van der Waals surface area contributed by atoms with Crippen molar-refractivity contribution in [2.45, 2.75) is 12.8 Å². The van der Waals surface area contributed by atoms with Crippen molar-refractivity contribution in [2.75, 3.05) is 0 Å². The summed E-state index contributed by atoms with van der Waals surface area (Å²) < 4.78 is 10.7. The Balaban J connectivity index is 1.08. The molecule has 0 spiro atoms. The Morgan fingerprint density at radius 2 is 1.24 bits per heavy atom. The lowest BCUT2D eigenvalue weighted by Gasteiger charge is -2.18. The van der Waals surface area contributed by atoms with Gasteiger partial charge in [0.15, 0.2) is 5.58 Å². The highest BCUT2D eigenvalue weighted by atomic mass is 16.3. The lowest BCUT2D eigenvalue weighted by molar-refractivity contribution is 0.665. The SMILES string of the molecule is C1=C(c2ccc3c4ccccc4n(-c4ncc5oc6ccccc6c5n4)c3c2)CCc2c1c1ccccc1n2-c1cccc(-c2ccccc2)c1. The Hall–Kier alpha value is -6.72. The molecule has 0 fully saturated rings. The number of rotatable bonds is 4. The molecule has 4 heterocycles. The van der Waals surface area contributed by atoms with Crippen molar-refractivity contribution in [2.24, 2.45) is 0 Å². The van der Waals surface area contributed by atoms with E-state index in [1.165, 1.54) is 60.9 Å². The molecular formula is C46H30N4O. The molecule has 0 bridgehead atoms. The molecule has 6 aromatic carbocycles. The first-order valence-electron chi connectivity index (χ1n) is 17.5. The number of hydrogen-bond acceptors (Lipinski definition) is 3. The van der Waals surface area contributed by atoms with Gasteiger partial charge in [0.05, 0.1) is 22.7 Å². The smallest absolute Gasteiger partial charge is 0.235 e. The van der Waals surface area contributed by atoms with Crippen molar-refractivity contribution in [3.63, 3.8) is 0 Å². The Morgan fingerprint density at radius 3 is 2.12 bits per heavy atom. The van der Waals surface area contributed by atoms with Crippen molar-refractivity contribution in [3.8, 4) is 22.8 Å². The van der Waals surface area contributed by atoms with Crippen molar-refractivity contribution in [1.82, 2.24) is 19.1 Å². The molecule has 0 aliphatic heterocycles. The Kier molecular flexibility index (Phi) is 6.01. The molecule has 0 amide bonds. The molecule has 51 heavy (non-hydrogen) atoms. The van der Waals surface area contributed by atoms with Gasteiger partial charge < -0.3 is 8.98 Å². The summed E-state index contributed by atoms with van der Waals surface area (Å²) >= 11 is 0. The summed E-state index contributed by atoms with van der Waals surface area (Å²) in [7, 11) is 0.